The predicted molar refractivity (Wildman–Crippen MR) is 104 cm³/mol. The highest BCUT2D eigenvalue weighted by atomic mass is 16.1. The Morgan fingerprint density at radius 1 is 0.708 bits per heavy atom. The average Bonchev–Trinajstić information content (AvgIpc) is 2.51. The Kier molecular flexibility index (Phi) is 9.43. The number of hydrogen-bond acceptors (Lipinski definition) is 1. The number of rotatable bonds is 14. The lowest BCUT2D eigenvalue weighted by atomic mass is 9.61. The molecule has 2 fully saturated rings. The molecule has 0 aliphatic heterocycles. The molecule has 2 aliphatic carbocycles. The molecule has 0 aromatic carbocycles. The molecule has 1 heteroatoms. The maximum absolute atomic E-state index is 10.9. The highest BCUT2D eigenvalue weighted by Gasteiger charge is 2.37. The fraction of sp³-hybridized carbons (Fsp3) is 0.957. The second-order valence-electron chi connectivity index (χ2n) is 8.93. The molecule has 2 unspecified atom stereocenters. The van der Waals surface area contributed by atoms with Crippen LogP contribution < -0.4 is 0 Å². The van der Waals surface area contributed by atoms with Crippen LogP contribution in [0.15, 0.2) is 0 Å². The fourth-order valence-corrected chi connectivity index (χ4v) is 5.01. The summed E-state index contributed by atoms with van der Waals surface area (Å²) in [5.74, 6) is 4.71. The van der Waals surface area contributed by atoms with E-state index >= 15 is 0 Å². The van der Waals surface area contributed by atoms with Crippen molar-refractivity contribution in [2.75, 3.05) is 0 Å². The summed E-state index contributed by atoms with van der Waals surface area (Å²) in [4.78, 5) is 10.9. The van der Waals surface area contributed by atoms with Crippen LogP contribution in [0, 0.1) is 23.7 Å². The number of ketones is 1. The van der Waals surface area contributed by atoms with E-state index in [-0.39, 0.29) is 0 Å². The van der Waals surface area contributed by atoms with Crippen LogP contribution in [0.3, 0.4) is 0 Å². The van der Waals surface area contributed by atoms with Gasteiger partial charge in [-0.25, -0.2) is 0 Å². The number of unbranched alkanes of at least 4 members (excludes halogenated alkanes) is 6. The van der Waals surface area contributed by atoms with Crippen molar-refractivity contribution < 1.29 is 4.79 Å². The zero-order chi connectivity index (χ0) is 17.2. The smallest absolute Gasteiger partial charge is 0.129 e. The first-order valence-corrected chi connectivity index (χ1v) is 11.2. The van der Waals surface area contributed by atoms with Crippen molar-refractivity contribution in [3.05, 3.63) is 0 Å². The van der Waals surface area contributed by atoms with Gasteiger partial charge in [0.05, 0.1) is 0 Å². The first-order chi connectivity index (χ1) is 11.7. The van der Waals surface area contributed by atoms with Gasteiger partial charge in [-0.15, -0.1) is 0 Å². The molecule has 0 aromatic rings. The van der Waals surface area contributed by atoms with Crippen molar-refractivity contribution >= 4 is 5.78 Å². The van der Waals surface area contributed by atoms with Gasteiger partial charge in [0.2, 0.25) is 0 Å². The molecule has 2 rings (SSSR count). The molecule has 140 valence electrons. The monoisotopic (exact) mass is 334 g/mol. The van der Waals surface area contributed by atoms with Crippen LogP contribution >= 0.6 is 0 Å². The maximum atomic E-state index is 10.9. The van der Waals surface area contributed by atoms with Gasteiger partial charge in [0.1, 0.15) is 5.78 Å². The molecule has 0 heterocycles. The molecule has 0 bridgehead atoms. The average molecular weight is 335 g/mol. The van der Waals surface area contributed by atoms with E-state index in [2.05, 4.69) is 6.92 Å². The van der Waals surface area contributed by atoms with Gasteiger partial charge in [-0.1, -0.05) is 64.7 Å². The van der Waals surface area contributed by atoms with Crippen LogP contribution in [-0.4, -0.2) is 5.78 Å². The summed E-state index contributed by atoms with van der Waals surface area (Å²) in [7, 11) is 0. The van der Waals surface area contributed by atoms with E-state index in [9.17, 15) is 4.79 Å². The summed E-state index contributed by atoms with van der Waals surface area (Å²) < 4.78 is 0. The van der Waals surface area contributed by atoms with Crippen molar-refractivity contribution in [3.63, 3.8) is 0 Å². The Hall–Kier alpha value is -0.330. The zero-order valence-corrected chi connectivity index (χ0v) is 16.5. The van der Waals surface area contributed by atoms with Gasteiger partial charge in [-0.3, -0.25) is 0 Å². The Morgan fingerprint density at radius 3 is 1.71 bits per heavy atom. The quantitative estimate of drug-likeness (QED) is 0.304. The molecule has 24 heavy (non-hydrogen) atoms. The SMILES string of the molecule is CCCCC[C@@H]1CCC1C[C@H]1CCC1CCCCCCCC(C)=O. The Morgan fingerprint density at radius 2 is 1.21 bits per heavy atom. The number of Topliss-reactive ketones (excluding diaryl/α,β-unsaturated/α-hetero) is 1. The predicted octanol–water partition coefficient (Wildman–Crippen LogP) is 7.33. The van der Waals surface area contributed by atoms with Crippen LogP contribution in [0.1, 0.15) is 117 Å². The lowest BCUT2D eigenvalue weighted by molar-refractivity contribution is -0.117. The normalized spacial score (nSPS) is 29.1. The van der Waals surface area contributed by atoms with Gasteiger partial charge in [-0.2, -0.15) is 0 Å². The third-order valence-electron chi connectivity index (χ3n) is 7.04. The molecule has 0 spiro atoms. The first kappa shape index (κ1) is 20.0. The lowest BCUT2D eigenvalue weighted by Gasteiger charge is -2.45. The van der Waals surface area contributed by atoms with Gasteiger partial charge in [0, 0.05) is 6.42 Å². The van der Waals surface area contributed by atoms with Crippen LogP contribution in [-0.2, 0) is 4.79 Å². The lowest BCUT2D eigenvalue weighted by Crippen LogP contribution is -2.34. The summed E-state index contributed by atoms with van der Waals surface area (Å²) in [5.41, 5.74) is 0. The van der Waals surface area contributed by atoms with Gasteiger partial charge in [0.25, 0.3) is 0 Å². The largest absolute Gasteiger partial charge is 0.300 e. The van der Waals surface area contributed by atoms with Gasteiger partial charge >= 0.3 is 0 Å². The summed E-state index contributed by atoms with van der Waals surface area (Å²) in [6, 6.07) is 0. The van der Waals surface area contributed by atoms with Crippen LogP contribution in [0.5, 0.6) is 0 Å². The minimum absolute atomic E-state index is 0.358. The molecule has 0 amide bonds. The van der Waals surface area contributed by atoms with Crippen LogP contribution in [0.25, 0.3) is 0 Å². The third-order valence-corrected chi connectivity index (χ3v) is 7.04. The van der Waals surface area contributed by atoms with Gasteiger partial charge in [0.15, 0.2) is 0 Å². The summed E-state index contributed by atoms with van der Waals surface area (Å²) in [5, 5.41) is 0. The van der Waals surface area contributed by atoms with Crippen molar-refractivity contribution in [1.29, 1.82) is 0 Å². The van der Waals surface area contributed by atoms with E-state index in [1.807, 2.05) is 0 Å². The van der Waals surface area contributed by atoms with E-state index < -0.39 is 0 Å². The maximum Gasteiger partial charge on any atom is 0.129 e. The summed E-state index contributed by atoms with van der Waals surface area (Å²) >= 11 is 0. The minimum Gasteiger partial charge on any atom is -0.300 e. The van der Waals surface area contributed by atoms with Crippen molar-refractivity contribution in [2.45, 2.75) is 117 Å². The first-order valence-electron chi connectivity index (χ1n) is 11.2. The Labute approximate surface area is 151 Å². The molecular weight excluding hydrogens is 292 g/mol. The van der Waals surface area contributed by atoms with E-state index in [1.165, 1.54) is 83.5 Å². The third kappa shape index (κ3) is 6.89. The number of hydrogen-bond donors (Lipinski definition) is 0. The molecule has 0 aromatic heterocycles. The highest BCUT2D eigenvalue weighted by molar-refractivity contribution is 5.75. The second kappa shape index (κ2) is 11.3. The van der Waals surface area contributed by atoms with Gasteiger partial charge in [-0.05, 0) is 69.1 Å². The van der Waals surface area contributed by atoms with Crippen LogP contribution in [0.4, 0.5) is 0 Å². The van der Waals surface area contributed by atoms with E-state index in [1.54, 1.807) is 13.3 Å². The molecule has 0 radical (unpaired) electrons. The zero-order valence-electron chi connectivity index (χ0n) is 16.5. The van der Waals surface area contributed by atoms with Crippen LogP contribution in [0.2, 0.25) is 0 Å². The van der Waals surface area contributed by atoms with Gasteiger partial charge < -0.3 is 4.79 Å². The molecular formula is C23H42O. The van der Waals surface area contributed by atoms with E-state index in [4.69, 9.17) is 0 Å². The molecule has 2 aliphatic rings. The Balaban J connectivity index is 1.48. The molecule has 1 nitrogen and oxygen atoms in total. The van der Waals surface area contributed by atoms with E-state index in [0.29, 0.717) is 5.78 Å². The standard InChI is InChI=1S/C23H42O/c1-3-4-8-12-20-14-16-22(20)18-23-17-15-21(23)13-10-7-5-6-9-11-19(2)24/h20-23H,3-18H2,1-2H3/t20-,21?,22?,23-/m1/s1. The molecule has 0 saturated heterocycles. The summed E-state index contributed by atoms with van der Waals surface area (Å²) in [6.07, 6.45) is 22.3. The molecule has 0 N–H and O–H groups in total. The topological polar surface area (TPSA) is 17.1 Å². The van der Waals surface area contributed by atoms with Crippen molar-refractivity contribution in [2.24, 2.45) is 23.7 Å². The fourth-order valence-electron chi connectivity index (χ4n) is 5.01. The van der Waals surface area contributed by atoms with E-state index in [0.717, 1.165) is 36.5 Å². The summed E-state index contributed by atoms with van der Waals surface area (Å²) in [6.45, 7) is 4.04. The highest BCUT2D eigenvalue weighted by Crippen LogP contribution is 2.48. The number of carbonyl (C=O) groups excluding carboxylic acids is 1. The van der Waals surface area contributed by atoms with Crippen molar-refractivity contribution in [1.82, 2.24) is 0 Å². The molecule has 2 saturated carbocycles. The number of carbonyl (C=O) groups is 1. The Bertz CT molecular complexity index is 348. The minimum atomic E-state index is 0.358. The second-order valence-corrected chi connectivity index (χ2v) is 8.93. The van der Waals surface area contributed by atoms with Crippen molar-refractivity contribution in [3.8, 4) is 0 Å². The molecule has 4 atom stereocenters.